The van der Waals surface area contributed by atoms with E-state index in [0.29, 0.717) is 17.5 Å². The molecule has 6 heteroatoms. The zero-order valence-corrected chi connectivity index (χ0v) is 33.5. The Bertz CT molecular complexity index is 3240. The Morgan fingerprint density at radius 3 is 1.00 bits per heavy atom. The Hall–Kier alpha value is -8.48. The van der Waals surface area contributed by atoms with Gasteiger partial charge in [-0.3, -0.25) is 9.97 Å². The average Bonchev–Trinajstić information content (AvgIpc) is 3.36. The molecule has 7 aromatic carbocycles. The predicted octanol–water partition coefficient (Wildman–Crippen LogP) is 13.7. The van der Waals surface area contributed by atoms with Crippen LogP contribution in [0.25, 0.3) is 112 Å². The molecule has 290 valence electrons. The highest BCUT2D eigenvalue weighted by atomic mass is 15.0. The van der Waals surface area contributed by atoms with Crippen molar-refractivity contribution in [3.05, 3.63) is 219 Å². The molecular weight excluding hydrogens is 757 g/mol. The fraction of sp³-hybridized carbons (Fsp3) is 0. The summed E-state index contributed by atoms with van der Waals surface area (Å²) in [7, 11) is 0. The molecule has 0 aliphatic heterocycles. The molecule has 0 N–H and O–H groups in total. The van der Waals surface area contributed by atoms with Crippen LogP contribution in [0.2, 0.25) is 0 Å². The van der Waals surface area contributed by atoms with Crippen molar-refractivity contribution < 1.29 is 0 Å². The lowest BCUT2D eigenvalue weighted by molar-refractivity contribution is 1.07. The minimum absolute atomic E-state index is 0.614. The molecule has 0 radical (unpaired) electrons. The topological polar surface area (TPSA) is 77.3 Å². The molecule has 0 unspecified atom stereocenters. The third-order valence-electron chi connectivity index (χ3n) is 11.2. The van der Waals surface area contributed by atoms with Gasteiger partial charge in [-0.2, -0.15) is 0 Å². The normalized spacial score (nSPS) is 11.2. The SMILES string of the molecule is c1ccc(-c2ccc(-c3nc(-c4ccccc4)nc(-c4ccc(-c5c6ccccc6c(-c6cc(-c7ccccn7)nc(-c7ccccn7)c6)c6ccccc56)cc4)n3)cc2)cc1. The number of pyridine rings is 3. The van der Waals surface area contributed by atoms with Gasteiger partial charge in [0.1, 0.15) is 0 Å². The van der Waals surface area contributed by atoms with Crippen molar-refractivity contribution in [2.24, 2.45) is 0 Å². The van der Waals surface area contributed by atoms with Crippen LogP contribution in [0.15, 0.2) is 219 Å². The second-order valence-corrected chi connectivity index (χ2v) is 15.1. The number of rotatable bonds is 8. The van der Waals surface area contributed by atoms with Gasteiger partial charge in [0, 0.05) is 29.1 Å². The first-order valence-electron chi connectivity index (χ1n) is 20.6. The van der Waals surface area contributed by atoms with E-state index in [1.807, 2.05) is 85.2 Å². The molecule has 6 nitrogen and oxygen atoms in total. The maximum absolute atomic E-state index is 5.08. The van der Waals surface area contributed by atoms with Gasteiger partial charge in [0.15, 0.2) is 17.5 Å². The van der Waals surface area contributed by atoms with Crippen LogP contribution in [-0.4, -0.2) is 29.9 Å². The highest BCUT2D eigenvalue weighted by Crippen LogP contribution is 2.45. The van der Waals surface area contributed by atoms with Crippen molar-refractivity contribution in [2.45, 2.75) is 0 Å². The first-order valence-corrected chi connectivity index (χ1v) is 20.6. The lowest BCUT2D eigenvalue weighted by Gasteiger charge is -2.19. The average molecular weight is 793 g/mol. The largest absolute Gasteiger partial charge is 0.255 e. The van der Waals surface area contributed by atoms with Gasteiger partial charge in [0.2, 0.25) is 0 Å². The van der Waals surface area contributed by atoms with Crippen LogP contribution in [0.1, 0.15) is 0 Å². The molecule has 0 amide bonds. The first-order chi connectivity index (χ1) is 30.7. The van der Waals surface area contributed by atoms with E-state index in [9.17, 15) is 0 Å². The Labute approximate surface area is 359 Å². The lowest BCUT2D eigenvalue weighted by Crippen LogP contribution is -2.00. The van der Waals surface area contributed by atoms with E-state index in [2.05, 4.69) is 143 Å². The highest BCUT2D eigenvalue weighted by molar-refractivity contribution is 6.21. The quantitative estimate of drug-likeness (QED) is 0.143. The summed E-state index contributed by atoms with van der Waals surface area (Å²) >= 11 is 0. The molecule has 4 heterocycles. The maximum atomic E-state index is 5.08. The fourth-order valence-electron chi connectivity index (χ4n) is 8.30. The van der Waals surface area contributed by atoms with Crippen LogP contribution in [0.3, 0.4) is 0 Å². The number of aromatic nitrogens is 6. The molecule has 0 saturated heterocycles. The molecule has 0 aliphatic rings. The minimum Gasteiger partial charge on any atom is -0.255 e. The molecule has 0 aliphatic carbocycles. The van der Waals surface area contributed by atoms with Crippen LogP contribution in [-0.2, 0) is 0 Å². The molecule has 0 bridgehead atoms. The summed E-state index contributed by atoms with van der Waals surface area (Å²) in [6.07, 6.45) is 3.61. The second kappa shape index (κ2) is 15.9. The summed E-state index contributed by atoms with van der Waals surface area (Å²) in [5.41, 5.74) is 12.7. The van der Waals surface area contributed by atoms with Crippen LogP contribution in [0, 0.1) is 0 Å². The van der Waals surface area contributed by atoms with Crippen LogP contribution in [0.4, 0.5) is 0 Å². The van der Waals surface area contributed by atoms with Gasteiger partial charge in [-0.25, -0.2) is 19.9 Å². The Morgan fingerprint density at radius 2 is 0.565 bits per heavy atom. The van der Waals surface area contributed by atoms with Gasteiger partial charge in [-0.1, -0.05) is 170 Å². The molecule has 0 fully saturated rings. The van der Waals surface area contributed by atoms with Crippen molar-refractivity contribution in [1.29, 1.82) is 0 Å². The Kier molecular flexibility index (Phi) is 9.41. The van der Waals surface area contributed by atoms with Crippen molar-refractivity contribution in [1.82, 2.24) is 29.9 Å². The van der Waals surface area contributed by atoms with Gasteiger partial charge >= 0.3 is 0 Å². The number of fused-ring (bicyclic) bond motifs is 2. The first kappa shape index (κ1) is 36.6. The molecule has 11 aromatic rings. The van der Waals surface area contributed by atoms with Crippen LogP contribution < -0.4 is 0 Å². The second-order valence-electron chi connectivity index (χ2n) is 15.1. The summed E-state index contributed by atoms with van der Waals surface area (Å²) in [5, 5.41) is 4.58. The van der Waals surface area contributed by atoms with E-state index in [-0.39, 0.29) is 0 Å². The zero-order valence-electron chi connectivity index (χ0n) is 33.5. The van der Waals surface area contributed by atoms with Gasteiger partial charge in [0.25, 0.3) is 0 Å². The third-order valence-corrected chi connectivity index (χ3v) is 11.2. The zero-order chi connectivity index (χ0) is 41.2. The van der Waals surface area contributed by atoms with Gasteiger partial charge < -0.3 is 0 Å². The van der Waals surface area contributed by atoms with E-state index < -0.39 is 0 Å². The summed E-state index contributed by atoms with van der Waals surface area (Å²) in [6, 6.07) is 71.0. The smallest absolute Gasteiger partial charge is 0.164 e. The van der Waals surface area contributed by atoms with E-state index in [0.717, 1.165) is 94.4 Å². The van der Waals surface area contributed by atoms with Gasteiger partial charge in [0.05, 0.1) is 22.8 Å². The molecule has 0 spiro atoms. The Balaban J connectivity index is 1.04. The summed E-state index contributed by atoms with van der Waals surface area (Å²) < 4.78 is 0. The molecule has 4 aromatic heterocycles. The third kappa shape index (κ3) is 6.95. The number of hydrogen-bond acceptors (Lipinski definition) is 6. The number of benzene rings is 7. The predicted molar refractivity (Wildman–Crippen MR) is 252 cm³/mol. The molecular formula is C56H36N6. The Morgan fingerprint density at radius 1 is 0.226 bits per heavy atom. The van der Waals surface area contributed by atoms with Gasteiger partial charge in [-0.15, -0.1) is 0 Å². The van der Waals surface area contributed by atoms with E-state index in [1.54, 1.807) is 0 Å². The fourth-order valence-corrected chi connectivity index (χ4v) is 8.30. The maximum Gasteiger partial charge on any atom is 0.164 e. The van der Waals surface area contributed by atoms with E-state index >= 15 is 0 Å². The van der Waals surface area contributed by atoms with Crippen molar-refractivity contribution in [2.75, 3.05) is 0 Å². The van der Waals surface area contributed by atoms with Crippen molar-refractivity contribution in [3.8, 4) is 90.3 Å². The van der Waals surface area contributed by atoms with E-state index in [1.165, 1.54) is 0 Å². The number of nitrogens with zero attached hydrogens (tertiary/aromatic N) is 6. The van der Waals surface area contributed by atoms with Crippen molar-refractivity contribution in [3.63, 3.8) is 0 Å². The molecule has 62 heavy (non-hydrogen) atoms. The lowest BCUT2D eigenvalue weighted by atomic mass is 9.85. The highest BCUT2D eigenvalue weighted by Gasteiger charge is 2.20. The number of hydrogen-bond donors (Lipinski definition) is 0. The van der Waals surface area contributed by atoms with Crippen molar-refractivity contribution >= 4 is 21.5 Å². The molecule has 0 saturated carbocycles. The monoisotopic (exact) mass is 792 g/mol. The summed E-state index contributed by atoms with van der Waals surface area (Å²) in [6.45, 7) is 0. The van der Waals surface area contributed by atoms with E-state index in [4.69, 9.17) is 19.9 Å². The summed E-state index contributed by atoms with van der Waals surface area (Å²) in [4.78, 5) is 29.5. The van der Waals surface area contributed by atoms with Crippen LogP contribution >= 0.6 is 0 Å². The standard InChI is InChI=1S/C56H36N6/c1-3-15-37(16-4-1)38-25-29-41(30-26-38)55-60-54(40-17-5-2-6-18-40)61-56(62-55)42-31-27-39(28-32-42)52-44-19-7-9-21-46(44)53(47-22-10-8-20-45(47)52)43-35-50(48-23-11-13-33-57-48)59-51(36-43)49-24-12-14-34-58-49/h1-36H. The molecule has 11 rings (SSSR count). The summed E-state index contributed by atoms with van der Waals surface area (Å²) in [5.74, 6) is 1.87. The minimum atomic E-state index is 0.614. The van der Waals surface area contributed by atoms with Gasteiger partial charge in [-0.05, 0) is 91.3 Å². The molecule has 0 atom stereocenters. The van der Waals surface area contributed by atoms with Crippen LogP contribution in [0.5, 0.6) is 0 Å².